The van der Waals surface area contributed by atoms with Gasteiger partial charge in [-0.3, -0.25) is 4.98 Å². The fourth-order valence-corrected chi connectivity index (χ4v) is 1.48. The lowest BCUT2D eigenvalue weighted by Gasteiger charge is -2.12. The van der Waals surface area contributed by atoms with E-state index in [1.165, 1.54) is 0 Å². The molecule has 18 heavy (non-hydrogen) atoms. The second-order valence-corrected chi connectivity index (χ2v) is 4.29. The maximum absolute atomic E-state index is 5.73. The Labute approximate surface area is 107 Å². The van der Waals surface area contributed by atoms with Gasteiger partial charge in [0.15, 0.2) is 0 Å². The van der Waals surface area contributed by atoms with Crippen LogP contribution in [0.4, 0.5) is 0 Å². The van der Waals surface area contributed by atoms with E-state index in [1.807, 2.05) is 24.3 Å². The van der Waals surface area contributed by atoms with Gasteiger partial charge in [0.25, 0.3) is 0 Å². The monoisotopic (exact) mass is 243 g/mol. The SMILES string of the molecule is CC(C)NCc1cccnc1Oc1cccnc1. The molecule has 2 aromatic heterocycles. The first-order valence-electron chi connectivity index (χ1n) is 6.01. The zero-order valence-electron chi connectivity index (χ0n) is 10.6. The van der Waals surface area contributed by atoms with Crippen molar-refractivity contribution < 1.29 is 4.74 Å². The third-order valence-electron chi connectivity index (χ3n) is 2.40. The molecule has 0 amide bonds. The van der Waals surface area contributed by atoms with Crippen LogP contribution in [0.15, 0.2) is 42.9 Å². The predicted molar refractivity (Wildman–Crippen MR) is 70.5 cm³/mol. The van der Waals surface area contributed by atoms with Gasteiger partial charge in [0.2, 0.25) is 5.88 Å². The van der Waals surface area contributed by atoms with Crippen LogP contribution in [-0.4, -0.2) is 16.0 Å². The Balaban J connectivity index is 2.12. The summed E-state index contributed by atoms with van der Waals surface area (Å²) in [5.74, 6) is 1.32. The van der Waals surface area contributed by atoms with Gasteiger partial charge in [-0.1, -0.05) is 19.9 Å². The van der Waals surface area contributed by atoms with Crippen molar-refractivity contribution in [2.75, 3.05) is 0 Å². The molecule has 0 atom stereocenters. The molecule has 0 aliphatic carbocycles. The van der Waals surface area contributed by atoms with Gasteiger partial charge in [0, 0.05) is 30.5 Å². The minimum Gasteiger partial charge on any atom is -0.437 e. The van der Waals surface area contributed by atoms with E-state index in [2.05, 4.69) is 29.1 Å². The Bertz CT molecular complexity index is 485. The summed E-state index contributed by atoms with van der Waals surface area (Å²) in [7, 11) is 0. The average molecular weight is 243 g/mol. The van der Waals surface area contributed by atoms with Crippen molar-refractivity contribution in [3.8, 4) is 11.6 Å². The Morgan fingerprint density at radius 3 is 2.78 bits per heavy atom. The number of hydrogen-bond acceptors (Lipinski definition) is 4. The van der Waals surface area contributed by atoms with Gasteiger partial charge in [0.1, 0.15) is 5.75 Å². The molecule has 0 saturated carbocycles. The van der Waals surface area contributed by atoms with E-state index in [0.29, 0.717) is 17.7 Å². The van der Waals surface area contributed by atoms with Crippen LogP contribution in [0.1, 0.15) is 19.4 Å². The zero-order chi connectivity index (χ0) is 12.8. The summed E-state index contributed by atoms with van der Waals surface area (Å²) >= 11 is 0. The average Bonchev–Trinajstić information content (AvgIpc) is 2.39. The van der Waals surface area contributed by atoms with Crippen molar-refractivity contribution in [1.29, 1.82) is 0 Å². The molecule has 1 N–H and O–H groups in total. The highest BCUT2D eigenvalue weighted by atomic mass is 16.5. The molecule has 0 radical (unpaired) electrons. The van der Waals surface area contributed by atoms with E-state index in [1.54, 1.807) is 18.6 Å². The normalized spacial score (nSPS) is 10.6. The smallest absolute Gasteiger partial charge is 0.223 e. The van der Waals surface area contributed by atoms with Crippen LogP contribution in [0.3, 0.4) is 0 Å². The topological polar surface area (TPSA) is 47.0 Å². The van der Waals surface area contributed by atoms with E-state index >= 15 is 0 Å². The van der Waals surface area contributed by atoms with Gasteiger partial charge in [-0.15, -0.1) is 0 Å². The van der Waals surface area contributed by atoms with Crippen molar-refractivity contribution in [3.05, 3.63) is 48.4 Å². The fraction of sp³-hybridized carbons (Fsp3) is 0.286. The number of ether oxygens (including phenoxy) is 1. The van der Waals surface area contributed by atoms with Gasteiger partial charge in [-0.25, -0.2) is 4.98 Å². The molecule has 2 aromatic rings. The molecular formula is C14H17N3O. The van der Waals surface area contributed by atoms with Gasteiger partial charge in [-0.2, -0.15) is 0 Å². The van der Waals surface area contributed by atoms with Crippen LogP contribution in [0.25, 0.3) is 0 Å². The zero-order valence-corrected chi connectivity index (χ0v) is 10.6. The minimum absolute atomic E-state index is 0.427. The first kappa shape index (κ1) is 12.5. The Kier molecular flexibility index (Phi) is 4.25. The van der Waals surface area contributed by atoms with Crippen molar-refractivity contribution in [1.82, 2.24) is 15.3 Å². The van der Waals surface area contributed by atoms with Gasteiger partial charge in [0.05, 0.1) is 6.20 Å². The van der Waals surface area contributed by atoms with Crippen LogP contribution >= 0.6 is 0 Å². The molecule has 0 fully saturated rings. The summed E-state index contributed by atoms with van der Waals surface area (Å²) in [5.41, 5.74) is 1.04. The van der Waals surface area contributed by atoms with Crippen LogP contribution in [0.2, 0.25) is 0 Å². The largest absolute Gasteiger partial charge is 0.437 e. The summed E-state index contributed by atoms with van der Waals surface area (Å²) in [4.78, 5) is 8.28. The predicted octanol–water partition coefficient (Wildman–Crippen LogP) is 2.77. The number of pyridine rings is 2. The lowest BCUT2D eigenvalue weighted by molar-refractivity contribution is 0.448. The number of hydrogen-bond donors (Lipinski definition) is 1. The van der Waals surface area contributed by atoms with Crippen LogP contribution in [0, 0.1) is 0 Å². The van der Waals surface area contributed by atoms with Crippen LogP contribution in [-0.2, 0) is 6.54 Å². The molecule has 0 bridgehead atoms. The number of aromatic nitrogens is 2. The summed E-state index contributed by atoms with van der Waals surface area (Å²) in [6, 6.07) is 8.05. The lowest BCUT2D eigenvalue weighted by Crippen LogP contribution is -2.22. The minimum atomic E-state index is 0.427. The molecule has 2 heterocycles. The molecule has 0 aliphatic rings. The second kappa shape index (κ2) is 6.12. The van der Waals surface area contributed by atoms with Crippen molar-refractivity contribution >= 4 is 0 Å². The van der Waals surface area contributed by atoms with Crippen LogP contribution in [0.5, 0.6) is 11.6 Å². The molecule has 0 saturated heterocycles. The third-order valence-corrected chi connectivity index (χ3v) is 2.40. The molecule has 4 heteroatoms. The summed E-state index contributed by atoms with van der Waals surface area (Å²) in [6.45, 7) is 4.96. The number of rotatable bonds is 5. The Morgan fingerprint density at radius 1 is 1.22 bits per heavy atom. The van der Waals surface area contributed by atoms with Crippen molar-refractivity contribution in [2.45, 2.75) is 26.4 Å². The molecule has 0 aliphatic heterocycles. The summed E-state index contributed by atoms with van der Waals surface area (Å²) < 4.78 is 5.73. The quantitative estimate of drug-likeness (QED) is 0.877. The molecule has 0 unspecified atom stereocenters. The molecular weight excluding hydrogens is 226 g/mol. The second-order valence-electron chi connectivity index (χ2n) is 4.29. The van der Waals surface area contributed by atoms with E-state index in [9.17, 15) is 0 Å². The van der Waals surface area contributed by atoms with Gasteiger partial charge >= 0.3 is 0 Å². The van der Waals surface area contributed by atoms with E-state index in [-0.39, 0.29) is 0 Å². The maximum Gasteiger partial charge on any atom is 0.223 e. The first-order chi connectivity index (χ1) is 8.75. The Morgan fingerprint density at radius 2 is 2.06 bits per heavy atom. The number of nitrogens with zero attached hydrogens (tertiary/aromatic N) is 2. The van der Waals surface area contributed by atoms with E-state index in [4.69, 9.17) is 4.74 Å². The molecule has 2 rings (SSSR count). The van der Waals surface area contributed by atoms with Crippen LogP contribution < -0.4 is 10.1 Å². The third kappa shape index (κ3) is 3.53. The summed E-state index contributed by atoms with van der Waals surface area (Å²) in [5, 5.41) is 3.35. The highest BCUT2D eigenvalue weighted by Crippen LogP contribution is 2.21. The Hall–Kier alpha value is -1.94. The van der Waals surface area contributed by atoms with Crippen molar-refractivity contribution in [3.63, 3.8) is 0 Å². The highest BCUT2D eigenvalue weighted by Gasteiger charge is 2.06. The first-order valence-corrected chi connectivity index (χ1v) is 6.01. The van der Waals surface area contributed by atoms with Gasteiger partial charge < -0.3 is 10.1 Å². The lowest BCUT2D eigenvalue weighted by atomic mass is 10.2. The maximum atomic E-state index is 5.73. The fourth-order valence-electron chi connectivity index (χ4n) is 1.48. The summed E-state index contributed by atoms with van der Waals surface area (Å²) in [6.07, 6.45) is 5.12. The number of nitrogens with one attached hydrogen (secondary N) is 1. The molecule has 0 aromatic carbocycles. The molecule has 4 nitrogen and oxygen atoms in total. The highest BCUT2D eigenvalue weighted by molar-refractivity contribution is 5.30. The van der Waals surface area contributed by atoms with Crippen molar-refractivity contribution in [2.24, 2.45) is 0 Å². The van der Waals surface area contributed by atoms with Gasteiger partial charge in [-0.05, 0) is 18.2 Å². The van der Waals surface area contributed by atoms with E-state index in [0.717, 1.165) is 12.1 Å². The standard InChI is InChI=1S/C14H17N3O/c1-11(2)17-9-12-5-3-8-16-14(12)18-13-6-4-7-15-10-13/h3-8,10-11,17H,9H2,1-2H3. The molecule has 94 valence electrons. The van der Waals surface area contributed by atoms with E-state index < -0.39 is 0 Å². The molecule has 0 spiro atoms.